The zero-order chi connectivity index (χ0) is 15.0. The summed E-state index contributed by atoms with van der Waals surface area (Å²) in [5.41, 5.74) is 8.33. The van der Waals surface area contributed by atoms with E-state index >= 15 is 0 Å². The second-order valence-corrected chi connectivity index (χ2v) is 4.40. The van der Waals surface area contributed by atoms with Crippen molar-refractivity contribution in [1.82, 2.24) is 10.4 Å². The molecule has 0 radical (unpaired) electrons. The molecule has 0 saturated carbocycles. The first-order chi connectivity index (χ1) is 9.54. The van der Waals surface area contributed by atoms with Crippen LogP contribution in [0.25, 0.3) is 0 Å². The van der Waals surface area contributed by atoms with Gasteiger partial charge >= 0.3 is 6.03 Å². The summed E-state index contributed by atoms with van der Waals surface area (Å²) < 4.78 is 5.52. The molecule has 1 atom stereocenters. The Kier molecular flexibility index (Phi) is 6.52. The number of nitrogens with one attached hydrogen (secondary N) is 1. The van der Waals surface area contributed by atoms with Crippen molar-refractivity contribution in [3.8, 4) is 0 Å². The third-order valence-electron chi connectivity index (χ3n) is 2.65. The summed E-state index contributed by atoms with van der Waals surface area (Å²) in [5, 5.41) is 1.19. The molecule has 3 amide bonds. The van der Waals surface area contributed by atoms with Gasteiger partial charge in [-0.3, -0.25) is 9.80 Å². The molecular formula is C14H21N3O3. The van der Waals surface area contributed by atoms with Crippen LogP contribution in [0.5, 0.6) is 0 Å². The predicted molar refractivity (Wildman–Crippen MR) is 75.4 cm³/mol. The normalized spacial score (nSPS) is 11.7. The van der Waals surface area contributed by atoms with Crippen molar-refractivity contribution in [3.05, 3.63) is 35.9 Å². The number of hydrogen-bond acceptors (Lipinski definition) is 3. The molecule has 0 bridgehead atoms. The Labute approximate surface area is 118 Å². The average molecular weight is 279 g/mol. The molecule has 6 nitrogen and oxygen atoms in total. The summed E-state index contributed by atoms with van der Waals surface area (Å²) >= 11 is 0. The molecule has 1 unspecified atom stereocenters. The molecule has 20 heavy (non-hydrogen) atoms. The van der Waals surface area contributed by atoms with Crippen LogP contribution in [-0.4, -0.2) is 29.6 Å². The van der Waals surface area contributed by atoms with Crippen LogP contribution in [0.2, 0.25) is 0 Å². The minimum atomic E-state index is -0.762. The summed E-state index contributed by atoms with van der Waals surface area (Å²) in [5.74, 6) is -0.318. The fourth-order valence-corrected chi connectivity index (χ4v) is 1.66. The Hall–Kier alpha value is -2.08. The molecule has 0 aliphatic heterocycles. The maximum atomic E-state index is 12.1. The van der Waals surface area contributed by atoms with E-state index in [9.17, 15) is 9.59 Å². The lowest BCUT2D eigenvalue weighted by atomic mass is 10.2. The molecule has 1 rings (SSSR count). The number of ether oxygens (including phenoxy) is 1. The second-order valence-electron chi connectivity index (χ2n) is 4.40. The van der Waals surface area contributed by atoms with Gasteiger partial charge in [-0.1, -0.05) is 37.3 Å². The number of primary amides is 1. The Balaban J connectivity index is 2.53. The number of hydrazine groups is 1. The highest BCUT2D eigenvalue weighted by atomic mass is 16.5. The average Bonchev–Trinajstić information content (AvgIpc) is 2.44. The molecule has 110 valence electrons. The Morgan fingerprint density at radius 1 is 1.35 bits per heavy atom. The van der Waals surface area contributed by atoms with Crippen LogP contribution in [0.3, 0.4) is 0 Å². The van der Waals surface area contributed by atoms with Crippen molar-refractivity contribution >= 4 is 11.9 Å². The summed E-state index contributed by atoms with van der Waals surface area (Å²) in [6.07, 6.45) is 0.0471. The Morgan fingerprint density at radius 3 is 2.55 bits per heavy atom. The van der Waals surface area contributed by atoms with Gasteiger partial charge in [-0.25, -0.2) is 10.2 Å². The van der Waals surface area contributed by atoms with Crippen molar-refractivity contribution in [2.45, 2.75) is 33.0 Å². The highest BCUT2D eigenvalue weighted by Gasteiger charge is 2.21. The minimum absolute atomic E-state index is 0.318. The molecule has 0 aliphatic rings. The van der Waals surface area contributed by atoms with Gasteiger partial charge in [-0.2, -0.15) is 0 Å². The van der Waals surface area contributed by atoms with E-state index < -0.39 is 12.1 Å². The van der Waals surface area contributed by atoms with Crippen molar-refractivity contribution in [3.63, 3.8) is 0 Å². The van der Waals surface area contributed by atoms with E-state index in [1.807, 2.05) is 37.3 Å². The first-order valence-corrected chi connectivity index (χ1v) is 6.57. The van der Waals surface area contributed by atoms with Crippen LogP contribution >= 0.6 is 0 Å². The van der Waals surface area contributed by atoms with Crippen LogP contribution in [0.4, 0.5) is 4.79 Å². The molecule has 0 aromatic heterocycles. The number of nitrogens with zero attached hydrogens (tertiary/aromatic N) is 1. The van der Waals surface area contributed by atoms with Crippen molar-refractivity contribution in [1.29, 1.82) is 0 Å². The maximum absolute atomic E-state index is 12.1. The Morgan fingerprint density at radius 2 is 2.00 bits per heavy atom. The number of rotatable bonds is 6. The quantitative estimate of drug-likeness (QED) is 0.772. The highest BCUT2D eigenvalue weighted by molar-refractivity contribution is 5.83. The number of hydrogen-bond donors (Lipinski definition) is 2. The van der Waals surface area contributed by atoms with Crippen LogP contribution in [0, 0.1) is 0 Å². The zero-order valence-corrected chi connectivity index (χ0v) is 11.8. The molecule has 0 aliphatic carbocycles. The molecule has 1 aromatic rings. The van der Waals surface area contributed by atoms with E-state index in [0.29, 0.717) is 19.6 Å². The van der Waals surface area contributed by atoms with Crippen LogP contribution in [-0.2, 0) is 16.1 Å². The van der Waals surface area contributed by atoms with Gasteiger partial charge in [0.1, 0.15) is 6.10 Å². The second kappa shape index (κ2) is 8.16. The number of carbonyl (C=O) groups excluding carboxylic acids is 2. The molecule has 0 saturated heterocycles. The van der Waals surface area contributed by atoms with E-state index in [-0.39, 0.29) is 5.91 Å². The lowest BCUT2D eigenvalue weighted by Gasteiger charge is -2.24. The number of carbonyl (C=O) groups is 2. The van der Waals surface area contributed by atoms with Gasteiger partial charge in [-0.15, -0.1) is 0 Å². The van der Waals surface area contributed by atoms with Crippen LogP contribution in [0.15, 0.2) is 30.3 Å². The van der Waals surface area contributed by atoms with Gasteiger partial charge in [0.15, 0.2) is 0 Å². The molecule has 0 heterocycles. The van der Waals surface area contributed by atoms with E-state index in [1.165, 1.54) is 5.01 Å². The van der Waals surface area contributed by atoms with Crippen LogP contribution < -0.4 is 11.2 Å². The zero-order valence-electron chi connectivity index (χ0n) is 11.8. The summed E-state index contributed by atoms with van der Waals surface area (Å²) in [6, 6.07) is 8.80. The summed E-state index contributed by atoms with van der Waals surface area (Å²) in [6.45, 7) is 4.28. The largest absolute Gasteiger partial charge is 0.364 e. The topological polar surface area (TPSA) is 84.7 Å². The van der Waals surface area contributed by atoms with E-state index in [0.717, 1.165) is 5.56 Å². The van der Waals surface area contributed by atoms with Gasteiger partial charge in [0.05, 0.1) is 6.61 Å². The first kappa shape index (κ1) is 16.0. The lowest BCUT2D eigenvalue weighted by molar-refractivity contribution is -0.145. The van der Waals surface area contributed by atoms with Crippen molar-refractivity contribution in [2.24, 2.45) is 5.73 Å². The van der Waals surface area contributed by atoms with E-state index in [4.69, 9.17) is 10.5 Å². The number of nitrogens with two attached hydrogens (primary N) is 1. The first-order valence-electron chi connectivity index (χ1n) is 6.57. The summed E-state index contributed by atoms with van der Waals surface area (Å²) in [4.78, 5) is 23.0. The van der Waals surface area contributed by atoms with Crippen molar-refractivity contribution in [2.75, 3.05) is 6.54 Å². The SMILES string of the molecule is CCCN(NC(N)=O)C(=O)C(C)OCc1ccccc1. The molecule has 0 fully saturated rings. The van der Waals surface area contributed by atoms with Gasteiger partial charge in [0.25, 0.3) is 5.91 Å². The van der Waals surface area contributed by atoms with E-state index in [1.54, 1.807) is 6.92 Å². The third-order valence-corrected chi connectivity index (χ3v) is 2.65. The monoisotopic (exact) mass is 279 g/mol. The van der Waals surface area contributed by atoms with Gasteiger partial charge in [0, 0.05) is 6.54 Å². The standard InChI is InChI=1S/C14H21N3O3/c1-3-9-17(16-14(15)19)13(18)11(2)20-10-12-7-5-4-6-8-12/h4-8,11H,3,9-10H2,1-2H3,(H3,15,16,19). The van der Waals surface area contributed by atoms with Gasteiger partial charge < -0.3 is 10.5 Å². The van der Waals surface area contributed by atoms with Gasteiger partial charge in [0.2, 0.25) is 0 Å². The highest BCUT2D eigenvalue weighted by Crippen LogP contribution is 2.05. The lowest BCUT2D eigenvalue weighted by Crippen LogP contribution is -2.52. The summed E-state index contributed by atoms with van der Waals surface area (Å²) in [7, 11) is 0. The maximum Gasteiger partial charge on any atom is 0.331 e. The predicted octanol–water partition coefficient (Wildman–Crippen LogP) is 1.41. The molecular weight excluding hydrogens is 258 g/mol. The number of amides is 3. The van der Waals surface area contributed by atoms with Crippen molar-refractivity contribution < 1.29 is 14.3 Å². The fraction of sp³-hybridized carbons (Fsp3) is 0.429. The van der Waals surface area contributed by atoms with E-state index in [2.05, 4.69) is 5.43 Å². The number of benzene rings is 1. The number of urea groups is 1. The Bertz CT molecular complexity index is 437. The third kappa shape index (κ3) is 5.27. The molecule has 1 aromatic carbocycles. The fourth-order valence-electron chi connectivity index (χ4n) is 1.66. The smallest absolute Gasteiger partial charge is 0.331 e. The van der Waals surface area contributed by atoms with Gasteiger partial charge in [-0.05, 0) is 18.9 Å². The van der Waals surface area contributed by atoms with Crippen LogP contribution in [0.1, 0.15) is 25.8 Å². The molecule has 3 N–H and O–H groups in total. The molecule has 0 spiro atoms. The molecule has 6 heteroatoms. The minimum Gasteiger partial charge on any atom is -0.364 e.